The lowest BCUT2D eigenvalue weighted by atomic mass is 9.53. The molecule has 140 valence electrons. The van der Waals surface area contributed by atoms with Crippen molar-refractivity contribution in [3.8, 4) is 0 Å². The molecule has 1 aromatic carbocycles. The third kappa shape index (κ3) is 3.56. The number of carbonyl (C=O) groups is 2. The highest BCUT2D eigenvalue weighted by molar-refractivity contribution is 5.97. The predicted octanol–water partition coefficient (Wildman–Crippen LogP) is 2.08. The second-order valence-electron chi connectivity index (χ2n) is 8.40. The van der Waals surface area contributed by atoms with Gasteiger partial charge in [0, 0.05) is 5.54 Å². The molecule has 26 heavy (non-hydrogen) atoms. The molecule has 0 spiro atoms. The van der Waals surface area contributed by atoms with Crippen molar-refractivity contribution in [3.05, 3.63) is 24.3 Å². The molecule has 0 heterocycles. The van der Waals surface area contributed by atoms with Gasteiger partial charge in [0.2, 0.25) is 11.8 Å². The number of rotatable bonds is 6. The number of hydrogen-bond donors (Lipinski definition) is 4. The van der Waals surface area contributed by atoms with Gasteiger partial charge in [0.1, 0.15) is 0 Å². The fourth-order valence-corrected chi connectivity index (χ4v) is 5.70. The number of anilines is 2. The van der Waals surface area contributed by atoms with Gasteiger partial charge >= 0.3 is 0 Å². The van der Waals surface area contributed by atoms with Crippen molar-refractivity contribution in [1.29, 1.82) is 0 Å². The molecule has 5 rings (SSSR count). The van der Waals surface area contributed by atoms with Crippen LogP contribution in [0.5, 0.6) is 0 Å². The summed E-state index contributed by atoms with van der Waals surface area (Å²) in [6.07, 6.45) is 7.94. The molecule has 4 aliphatic carbocycles. The first-order valence-electron chi connectivity index (χ1n) is 9.69. The second-order valence-corrected chi connectivity index (χ2v) is 8.40. The summed E-state index contributed by atoms with van der Waals surface area (Å²) in [6.45, 7) is -0.181. The van der Waals surface area contributed by atoms with Crippen molar-refractivity contribution in [2.75, 3.05) is 23.7 Å². The zero-order valence-corrected chi connectivity index (χ0v) is 15.1. The minimum absolute atomic E-state index is 0.0677. The van der Waals surface area contributed by atoms with Crippen LogP contribution in [-0.4, -0.2) is 30.4 Å². The predicted molar refractivity (Wildman–Crippen MR) is 102 cm³/mol. The molecule has 0 saturated heterocycles. The summed E-state index contributed by atoms with van der Waals surface area (Å²) >= 11 is 0. The molecule has 6 nitrogen and oxygen atoms in total. The molecule has 4 bridgehead atoms. The molecule has 0 atom stereocenters. The summed E-state index contributed by atoms with van der Waals surface area (Å²) in [5.41, 5.74) is 7.18. The fourth-order valence-electron chi connectivity index (χ4n) is 5.70. The zero-order valence-electron chi connectivity index (χ0n) is 15.1. The highest BCUT2D eigenvalue weighted by Gasteiger charge is 2.51. The summed E-state index contributed by atoms with van der Waals surface area (Å²) in [6, 6.07) is 7.85. The van der Waals surface area contributed by atoms with E-state index in [1.807, 2.05) is 24.3 Å². The number of nitrogens with two attached hydrogens (primary N) is 1. The summed E-state index contributed by atoms with van der Waals surface area (Å²) in [5.74, 6) is 2.01. The van der Waals surface area contributed by atoms with Gasteiger partial charge in [-0.05, 0) is 68.4 Å². The smallest absolute Gasteiger partial charge is 0.243 e. The Morgan fingerprint density at radius 3 is 2.12 bits per heavy atom. The molecular weight excluding hydrogens is 328 g/mol. The first kappa shape index (κ1) is 17.3. The number of nitrogens with one attached hydrogen (secondary N) is 3. The molecule has 1 aromatic rings. The Labute approximate surface area is 154 Å². The van der Waals surface area contributed by atoms with Crippen molar-refractivity contribution >= 4 is 23.2 Å². The van der Waals surface area contributed by atoms with Crippen LogP contribution < -0.4 is 21.7 Å². The third-order valence-electron chi connectivity index (χ3n) is 6.27. The van der Waals surface area contributed by atoms with E-state index in [4.69, 9.17) is 5.73 Å². The van der Waals surface area contributed by atoms with Crippen molar-refractivity contribution in [2.24, 2.45) is 23.5 Å². The topological polar surface area (TPSA) is 96.2 Å². The molecule has 0 aliphatic heterocycles. The van der Waals surface area contributed by atoms with Gasteiger partial charge in [-0.1, -0.05) is 12.1 Å². The maximum atomic E-state index is 12.2. The number of amides is 2. The molecule has 4 saturated carbocycles. The first-order chi connectivity index (χ1) is 12.5. The minimum atomic E-state index is -0.333. The Morgan fingerprint density at radius 2 is 1.54 bits per heavy atom. The zero-order chi connectivity index (χ0) is 18.1. The lowest BCUT2D eigenvalue weighted by molar-refractivity contribution is -0.123. The van der Waals surface area contributed by atoms with Gasteiger partial charge in [-0.25, -0.2) is 0 Å². The Bertz CT molecular complexity index is 668. The van der Waals surface area contributed by atoms with Gasteiger partial charge in [-0.2, -0.15) is 0 Å². The van der Waals surface area contributed by atoms with E-state index < -0.39 is 0 Å². The van der Waals surface area contributed by atoms with Gasteiger partial charge in [-0.3, -0.25) is 9.59 Å². The summed E-state index contributed by atoms with van der Waals surface area (Å²) in [4.78, 5) is 23.4. The molecule has 4 fully saturated rings. The van der Waals surface area contributed by atoms with Gasteiger partial charge in [0.05, 0.1) is 24.5 Å². The maximum absolute atomic E-state index is 12.2. The molecule has 0 aromatic heterocycles. The number of hydrogen-bond acceptors (Lipinski definition) is 4. The number of para-hydroxylation sites is 2. The first-order valence-corrected chi connectivity index (χ1v) is 9.69. The number of carbonyl (C=O) groups excluding carboxylic acids is 2. The van der Waals surface area contributed by atoms with Crippen LogP contribution in [0.1, 0.15) is 38.5 Å². The molecule has 0 radical (unpaired) electrons. The van der Waals surface area contributed by atoms with E-state index >= 15 is 0 Å². The van der Waals surface area contributed by atoms with Gasteiger partial charge < -0.3 is 21.7 Å². The minimum Gasteiger partial charge on any atom is -0.378 e. The van der Waals surface area contributed by atoms with Crippen molar-refractivity contribution in [3.63, 3.8) is 0 Å². The maximum Gasteiger partial charge on any atom is 0.243 e. The summed E-state index contributed by atoms with van der Waals surface area (Å²) in [5, 5.41) is 9.23. The van der Waals surface area contributed by atoms with Crippen LogP contribution in [0.4, 0.5) is 11.4 Å². The van der Waals surface area contributed by atoms with E-state index in [1.165, 1.54) is 38.5 Å². The molecular formula is C20H28N4O2. The highest BCUT2D eigenvalue weighted by Crippen LogP contribution is 2.56. The fraction of sp³-hybridized carbons (Fsp3) is 0.600. The molecule has 0 unspecified atom stereocenters. The Kier molecular flexibility index (Phi) is 4.61. The van der Waals surface area contributed by atoms with E-state index in [9.17, 15) is 9.59 Å². The van der Waals surface area contributed by atoms with Crippen LogP contribution in [0.2, 0.25) is 0 Å². The van der Waals surface area contributed by atoms with E-state index in [1.54, 1.807) is 0 Å². The van der Waals surface area contributed by atoms with Crippen LogP contribution >= 0.6 is 0 Å². The van der Waals surface area contributed by atoms with Crippen molar-refractivity contribution in [1.82, 2.24) is 5.32 Å². The van der Waals surface area contributed by atoms with Gasteiger partial charge in [0.15, 0.2) is 0 Å². The average Bonchev–Trinajstić information content (AvgIpc) is 2.60. The van der Waals surface area contributed by atoms with Crippen LogP contribution in [0, 0.1) is 17.8 Å². The normalized spacial score (nSPS) is 31.5. The Hall–Kier alpha value is -2.08. The lowest BCUT2D eigenvalue weighted by Crippen LogP contribution is -2.54. The largest absolute Gasteiger partial charge is 0.378 e. The van der Waals surface area contributed by atoms with Crippen molar-refractivity contribution in [2.45, 2.75) is 44.1 Å². The van der Waals surface area contributed by atoms with Crippen molar-refractivity contribution < 1.29 is 9.59 Å². The van der Waals surface area contributed by atoms with Crippen LogP contribution in [0.15, 0.2) is 24.3 Å². The Morgan fingerprint density at radius 1 is 0.962 bits per heavy atom. The summed E-state index contributed by atoms with van der Waals surface area (Å²) in [7, 11) is 0. The molecule has 6 heteroatoms. The van der Waals surface area contributed by atoms with Crippen LogP contribution in [0.3, 0.4) is 0 Å². The lowest BCUT2D eigenvalue weighted by Gasteiger charge is -2.57. The average molecular weight is 356 g/mol. The van der Waals surface area contributed by atoms with E-state index in [0.29, 0.717) is 0 Å². The standard InChI is InChI=1S/C20H28N4O2/c21-11-18(25)22-12-19(26)23-16-3-1-2-4-17(16)24-20-8-13-5-14(9-20)7-15(6-13)10-20/h1-4,13-15,24H,5-12,21H2,(H,22,25)(H,23,26). The molecule has 4 aliphatic rings. The van der Waals surface area contributed by atoms with Gasteiger partial charge in [0.25, 0.3) is 0 Å². The third-order valence-corrected chi connectivity index (χ3v) is 6.27. The quantitative estimate of drug-likeness (QED) is 0.627. The number of benzene rings is 1. The SMILES string of the molecule is NCC(=O)NCC(=O)Nc1ccccc1NC12CC3CC(CC(C3)C1)C2. The highest BCUT2D eigenvalue weighted by atomic mass is 16.2. The summed E-state index contributed by atoms with van der Waals surface area (Å²) < 4.78 is 0. The molecule has 5 N–H and O–H groups in total. The van der Waals surface area contributed by atoms with Crippen LogP contribution in [-0.2, 0) is 9.59 Å². The van der Waals surface area contributed by atoms with Crippen LogP contribution in [0.25, 0.3) is 0 Å². The van der Waals surface area contributed by atoms with Gasteiger partial charge in [-0.15, -0.1) is 0 Å². The second kappa shape index (κ2) is 6.91. The van der Waals surface area contributed by atoms with E-state index in [-0.39, 0.29) is 30.4 Å². The Balaban J connectivity index is 1.45. The monoisotopic (exact) mass is 356 g/mol. The molecule has 2 amide bonds. The van der Waals surface area contributed by atoms with E-state index in [0.717, 1.165) is 29.1 Å². The van der Waals surface area contributed by atoms with E-state index in [2.05, 4.69) is 16.0 Å².